The number of methoxy groups -OCH3 is 1. The number of fused-ring (bicyclic) bond motifs is 1. The van der Waals surface area contributed by atoms with Crippen molar-refractivity contribution in [3.8, 4) is 5.75 Å². The molecule has 1 aliphatic heterocycles. The molecule has 0 radical (unpaired) electrons. The number of benzene rings is 2. The van der Waals surface area contributed by atoms with Gasteiger partial charge in [-0.25, -0.2) is 0 Å². The molecule has 1 aliphatic rings. The fourth-order valence-corrected chi connectivity index (χ4v) is 4.31. The predicted octanol–water partition coefficient (Wildman–Crippen LogP) is 4.54. The SMILES string of the molecule is COc1cc(Cl)cc2cc(C(=O)C3=C(O)C(=O)N(CCN(C)C)C3c3cccc(C)c3)oc12. The van der Waals surface area contributed by atoms with Gasteiger partial charge in [-0.1, -0.05) is 41.4 Å². The first-order valence-corrected chi connectivity index (χ1v) is 10.9. The van der Waals surface area contributed by atoms with E-state index in [1.807, 2.05) is 50.2 Å². The summed E-state index contributed by atoms with van der Waals surface area (Å²) in [5.41, 5.74) is 2.08. The molecule has 3 aromatic rings. The van der Waals surface area contributed by atoms with Gasteiger partial charge in [-0.05, 0) is 38.7 Å². The summed E-state index contributed by atoms with van der Waals surface area (Å²) in [4.78, 5) is 30.1. The minimum absolute atomic E-state index is 0.00604. The van der Waals surface area contributed by atoms with E-state index in [2.05, 4.69) is 0 Å². The van der Waals surface area contributed by atoms with Gasteiger partial charge in [0.2, 0.25) is 5.78 Å². The highest BCUT2D eigenvalue weighted by molar-refractivity contribution is 6.31. The van der Waals surface area contributed by atoms with E-state index in [-0.39, 0.29) is 11.3 Å². The van der Waals surface area contributed by atoms with E-state index in [0.29, 0.717) is 34.8 Å². The molecule has 1 amide bonds. The van der Waals surface area contributed by atoms with Gasteiger partial charge in [0, 0.05) is 29.6 Å². The molecule has 7 nitrogen and oxygen atoms in total. The Balaban J connectivity index is 1.82. The van der Waals surface area contributed by atoms with E-state index in [0.717, 1.165) is 11.1 Å². The van der Waals surface area contributed by atoms with Crippen molar-refractivity contribution >= 4 is 34.3 Å². The number of ether oxygens (including phenoxy) is 1. The number of carbonyl (C=O) groups is 2. The Morgan fingerprint density at radius 2 is 2.00 bits per heavy atom. The zero-order chi connectivity index (χ0) is 23.9. The monoisotopic (exact) mass is 468 g/mol. The molecule has 0 spiro atoms. The molecule has 0 saturated carbocycles. The maximum Gasteiger partial charge on any atom is 0.290 e. The lowest BCUT2D eigenvalue weighted by Crippen LogP contribution is -2.36. The van der Waals surface area contributed by atoms with Crippen LogP contribution in [0.3, 0.4) is 0 Å². The topological polar surface area (TPSA) is 83.2 Å². The summed E-state index contributed by atoms with van der Waals surface area (Å²) in [6, 6.07) is 11.6. The number of carbonyl (C=O) groups excluding carboxylic acids is 2. The van der Waals surface area contributed by atoms with Crippen LogP contribution in [0.4, 0.5) is 0 Å². The van der Waals surface area contributed by atoms with Gasteiger partial charge in [0.25, 0.3) is 5.91 Å². The van der Waals surface area contributed by atoms with Crippen molar-refractivity contribution in [2.24, 2.45) is 0 Å². The average Bonchev–Trinajstić information content (AvgIpc) is 3.30. The van der Waals surface area contributed by atoms with Crippen molar-refractivity contribution in [2.75, 3.05) is 34.3 Å². The number of furan rings is 1. The third-order valence-electron chi connectivity index (χ3n) is 5.68. The molecule has 33 heavy (non-hydrogen) atoms. The maximum atomic E-state index is 13.6. The summed E-state index contributed by atoms with van der Waals surface area (Å²) >= 11 is 6.15. The van der Waals surface area contributed by atoms with Gasteiger partial charge in [0.15, 0.2) is 22.9 Å². The van der Waals surface area contributed by atoms with Crippen LogP contribution in [0.15, 0.2) is 58.2 Å². The molecule has 0 saturated heterocycles. The Morgan fingerprint density at radius 3 is 2.67 bits per heavy atom. The van der Waals surface area contributed by atoms with Gasteiger partial charge in [0.05, 0.1) is 18.7 Å². The number of aliphatic hydroxyl groups excluding tert-OH is 1. The van der Waals surface area contributed by atoms with E-state index in [4.69, 9.17) is 20.8 Å². The third kappa shape index (κ3) is 4.21. The minimum atomic E-state index is -0.733. The number of rotatable bonds is 7. The largest absolute Gasteiger partial charge is 0.503 e. The second kappa shape index (κ2) is 8.92. The van der Waals surface area contributed by atoms with E-state index in [1.54, 1.807) is 18.2 Å². The van der Waals surface area contributed by atoms with Crippen LogP contribution in [0.1, 0.15) is 27.7 Å². The summed E-state index contributed by atoms with van der Waals surface area (Å²) in [5.74, 6) is -1.32. The number of nitrogens with zero attached hydrogens (tertiary/aromatic N) is 2. The number of hydrogen-bond acceptors (Lipinski definition) is 6. The van der Waals surface area contributed by atoms with E-state index in [1.165, 1.54) is 12.0 Å². The zero-order valence-corrected chi connectivity index (χ0v) is 19.6. The van der Waals surface area contributed by atoms with Crippen LogP contribution in [-0.4, -0.2) is 60.9 Å². The zero-order valence-electron chi connectivity index (χ0n) is 18.9. The van der Waals surface area contributed by atoms with Crippen molar-refractivity contribution in [3.63, 3.8) is 0 Å². The van der Waals surface area contributed by atoms with Gasteiger partial charge >= 0.3 is 0 Å². The molecule has 1 unspecified atom stereocenters. The van der Waals surface area contributed by atoms with Gasteiger partial charge in [0.1, 0.15) is 0 Å². The number of amides is 1. The molecule has 0 aliphatic carbocycles. The standard InChI is InChI=1S/C25H25ClN2O5/c1-14-6-5-7-15(10-14)21-20(23(30)25(31)28(21)9-8-27(2)3)22(29)18-12-16-11-17(26)13-19(32-4)24(16)33-18/h5-7,10-13,21,30H,8-9H2,1-4H3. The highest BCUT2D eigenvalue weighted by Crippen LogP contribution is 2.40. The van der Waals surface area contributed by atoms with Gasteiger partial charge < -0.3 is 24.1 Å². The normalized spacial score (nSPS) is 16.4. The van der Waals surface area contributed by atoms with Crippen LogP contribution in [0.5, 0.6) is 5.75 Å². The number of halogens is 1. The summed E-state index contributed by atoms with van der Waals surface area (Å²) < 4.78 is 11.1. The fraction of sp³-hybridized carbons (Fsp3) is 0.280. The Hall–Kier alpha value is -3.29. The highest BCUT2D eigenvalue weighted by Gasteiger charge is 2.44. The second-order valence-corrected chi connectivity index (χ2v) is 8.78. The van der Waals surface area contributed by atoms with Crippen molar-refractivity contribution in [3.05, 3.63) is 75.7 Å². The second-order valence-electron chi connectivity index (χ2n) is 8.35. The van der Waals surface area contributed by atoms with Crippen molar-refractivity contribution in [1.29, 1.82) is 0 Å². The predicted molar refractivity (Wildman–Crippen MR) is 126 cm³/mol. The molecular weight excluding hydrogens is 444 g/mol. The van der Waals surface area contributed by atoms with E-state index >= 15 is 0 Å². The summed E-state index contributed by atoms with van der Waals surface area (Å²) in [6.45, 7) is 2.85. The van der Waals surface area contributed by atoms with E-state index < -0.39 is 23.5 Å². The number of aryl methyl sites for hydroxylation is 1. The van der Waals surface area contributed by atoms with Gasteiger partial charge in [-0.2, -0.15) is 0 Å². The molecule has 172 valence electrons. The molecule has 1 atom stereocenters. The molecule has 2 heterocycles. The lowest BCUT2D eigenvalue weighted by molar-refractivity contribution is -0.129. The Labute approximate surface area is 196 Å². The van der Waals surface area contributed by atoms with Crippen molar-refractivity contribution < 1.29 is 23.8 Å². The van der Waals surface area contributed by atoms with Crippen molar-refractivity contribution in [1.82, 2.24) is 9.80 Å². The van der Waals surface area contributed by atoms with Crippen LogP contribution in [0.2, 0.25) is 5.02 Å². The third-order valence-corrected chi connectivity index (χ3v) is 5.90. The molecule has 1 aromatic heterocycles. The van der Waals surface area contributed by atoms with Crippen molar-refractivity contribution in [2.45, 2.75) is 13.0 Å². The number of aliphatic hydroxyl groups is 1. The van der Waals surface area contributed by atoms with Crippen LogP contribution in [-0.2, 0) is 4.79 Å². The molecule has 4 rings (SSSR count). The quantitative estimate of drug-likeness (QED) is 0.512. The minimum Gasteiger partial charge on any atom is -0.503 e. The van der Waals surface area contributed by atoms with E-state index in [9.17, 15) is 14.7 Å². The molecule has 2 aromatic carbocycles. The number of Topliss-reactive ketones (excluding diaryl/α,β-unsaturated/α-hetero) is 1. The number of ketones is 1. The molecular formula is C25H25ClN2O5. The fourth-order valence-electron chi connectivity index (χ4n) is 4.09. The molecule has 0 fully saturated rings. The van der Waals surface area contributed by atoms with Crippen LogP contribution < -0.4 is 4.74 Å². The summed E-state index contributed by atoms with van der Waals surface area (Å²) in [6.07, 6.45) is 0. The molecule has 1 N–H and O–H groups in total. The maximum absolute atomic E-state index is 13.6. The first-order valence-electron chi connectivity index (χ1n) is 10.5. The van der Waals surface area contributed by atoms with Crippen LogP contribution in [0.25, 0.3) is 11.0 Å². The summed E-state index contributed by atoms with van der Waals surface area (Å²) in [5, 5.41) is 11.8. The number of likely N-dealkylation sites (N-methyl/N-ethyl adjacent to an activating group) is 1. The average molecular weight is 469 g/mol. The number of hydrogen-bond donors (Lipinski definition) is 1. The first kappa shape index (κ1) is 22.9. The van der Waals surface area contributed by atoms with Crippen LogP contribution >= 0.6 is 11.6 Å². The Kier molecular flexibility index (Phi) is 6.19. The lowest BCUT2D eigenvalue weighted by Gasteiger charge is -2.28. The first-order chi connectivity index (χ1) is 15.7. The van der Waals surface area contributed by atoms with Gasteiger partial charge in [-0.15, -0.1) is 0 Å². The van der Waals surface area contributed by atoms with Gasteiger partial charge in [-0.3, -0.25) is 9.59 Å². The lowest BCUT2D eigenvalue weighted by atomic mass is 9.94. The Bertz CT molecular complexity index is 1280. The van der Waals surface area contributed by atoms with Crippen LogP contribution in [0, 0.1) is 6.92 Å². The molecule has 8 heteroatoms. The summed E-state index contributed by atoms with van der Waals surface area (Å²) in [7, 11) is 5.28. The highest BCUT2D eigenvalue weighted by atomic mass is 35.5. The molecule has 0 bridgehead atoms. The smallest absolute Gasteiger partial charge is 0.290 e. The Morgan fingerprint density at radius 1 is 1.24 bits per heavy atom.